The number of para-hydroxylation sites is 2. The third-order valence-corrected chi connectivity index (χ3v) is 22.5. The molecule has 0 amide bonds. The number of benzene rings is 8. The minimum atomic E-state index is -2.05. The summed E-state index contributed by atoms with van der Waals surface area (Å²) < 4.78 is -0.0732. The lowest BCUT2D eigenvalue weighted by molar-refractivity contribution is 0.962. The fourth-order valence-electron chi connectivity index (χ4n) is 10.4. The van der Waals surface area contributed by atoms with Crippen molar-refractivity contribution in [3.63, 3.8) is 0 Å². The molecule has 0 heterocycles. The maximum atomic E-state index is 2.63. The van der Waals surface area contributed by atoms with Crippen LogP contribution in [-0.2, 0) is 4.66 Å². The van der Waals surface area contributed by atoms with E-state index in [1.54, 1.807) is 5.56 Å². The second-order valence-electron chi connectivity index (χ2n) is 18.0. The fraction of sp³-hybridized carbons (Fsp3) is 0.170. The first-order chi connectivity index (χ1) is 27.4. The van der Waals surface area contributed by atoms with Crippen molar-refractivity contribution in [3.05, 3.63) is 192 Å². The molecule has 0 radical (unpaired) electrons. The van der Waals surface area contributed by atoms with E-state index in [1.807, 2.05) is 0 Å². The van der Waals surface area contributed by atoms with Gasteiger partial charge in [-0.3, -0.25) is 0 Å². The molecule has 1 aliphatic carbocycles. The number of anilines is 6. The zero-order valence-corrected chi connectivity index (χ0v) is 36.6. The third kappa shape index (κ3) is 5.88. The molecular weight excluding hydrogens is 721 g/mol. The molecule has 282 valence electrons. The highest BCUT2D eigenvalue weighted by atomic mass is 28.4. The van der Waals surface area contributed by atoms with E-state index in [9.17, 15) is 0 Å². The number of fused-ring (bicyclic) bond motifs is 7. The van der Waals surface area contributed by atoms with Gasteiger partial charge in [0.1, 0.15) is 0 Å². The smallest absolute Gasteiger partial charge is 0.0579 e. The Morgan fingerprint density at radius 1 is 0.404 bits per heavy atom. The molecule has 0 saturated heterocycles. The molecule has 8 aromatic rings. The minimum Gasteiger partial charge on any atom is -0.310 e. The Balaban J connectivity index is 1.35. The van der Waals surface area contributed by atoms with Gasteiger partial charge in [0.15, 0.2) is 0 Å². The van der Waals surface area contributed by atoms with Crippen LogP contribution in [0.3, 0.4) is 0 Å². The maximum Gasteiger partial charge on any atom is 0.0579 e. The predicted molar refractivity (Wildman–Crippen MR) is 253 cm³/mol. The van der Waals surface area contributed by atoms with Crippen LogP contribution in [0.15, 0.2) is 170 Å². The highest BCUT2D eigenvalue weighted by molar-refractivity contribution is 7.00. The Kier molecular flexibility index (Phi) is 8.91. The highest BCUT2D eigenvalue weighted by Gasteiger charge is 2.60. The molecule has 0 atom stereocenters. The Hall–Kier alpha value is -5.69. The van der Waals surface area contributed by atoms with Crippen molar-refractivity contribution >= 4 is 71.8 Å². The van der Waals surface area contributed by atoms with Crippen LogP contribution >= 0.6 is 0 Å². The first kappa shape index (κ1) is 36.9. The average molecular weight is 773 g/mol. The molecule has 0 aromatic heterocycles. The van der Waals surface area contributed by atoms with Crippen molar-refractivity contribution in [3.8, 4) is 11.1 Å². The van der Waals surface area contributed by atoms with Gasteiger partial charge in [0, 0.05) is 38.5 Å². The summed E-state index contributed by atoms with van der Waals surface area (Å²) >= 11 is 0. The number of hydrogen-bond donors (Lipinski definition) is 0. The van der Waals surface area contributed by atoms with Crippen LogP contribution in [0.25, 0.3) is 32.7 Å². The summed E-state index contributed by atoms with van der Waals surface area (Å²) in [5.74, 6) is 0. The van der Waals surface area contributed by atoms with Gasteiger partial charge in [0.2, 0.25) is 0 Å². The van der Waals surface area contributed by atoms with Gasteiger partial charge in [-0.15, -0.1) is 0 Å². The van der Waals surface area contributed by atoms with E-state index in [2.05, 4.69) is 233 Å². The zero-order chi connectivity index (χ0) is 39.7. The van der Waals surface area contributed by atoms with Crippen molar-refractivity contribution in [1.29, 1.82) is 0 Å². The Morgan fingerprint density at radius 3 is 1.44 bits per heavy atom. The summed E-state index contributed by atoms with van der Waals surface area (Å²) in [6, 6.07) is 63.6. The number of nitrogens with zero attached hydrogens (tertiary/aromatic N) is 2. The highest BCUT2D eigenvalue weighted by Crippen LogP contribution is 2.62. The largest absolute Gasteiger partial charge is 0.310 e. The van der Waals surface area contributed by atoms with E-state index < -0.39 is 16.1 Å². The minimum absolute atomic E-state index is 0.0732. The zero-order valence-electron chi connectivity index (χ0n) is 34.6. The van der Waals surface area contributed by atoms with Gasteiger partial charge in [-0.1, -0.05) is 154 Å². The fourth-order valence-corrected chi connectivity index (χ4v) is 23.5. The van der Waals surface area contributed by atoms with E-state index >= 15 is 0 Å². The number of aryl methyl sites for hydroxylation is 2. The molecule has 1 aliphatic rings. The third-order valence-electron chi connectivity index (χ3n) is 12.4. The summed E-state index contributed by atoms with van der Waals surface area (Å²) in [4.78, 5) is 4.89. The van der Waals surface area contributed by atoms with E-state index in [1.165, 1.54) is 72.1 Å². The van der Waals surface area contributed by atoms with Gasteiger partial charge in [-0.25, -0.2) is 0 Å². The van der Waals surface area contributed by atoms with Crippen LogP contribution in [0.1, 0.15) is 22.3 Å². The lowest BCUT2D eigenvalue weighted by Gasteiger charge is -2.52. The first-order valence-electron chi connectivity index (χ1n) is 20.4. The normalized spacial score (nSPS) is 13.4. The lowest BCUT2D eigenvalue weighted by Crippen LogP contribution is -2.63. The lowest BCUT2D eigenvalue weighted by atomic mass is 9.94. The van der Waals surface area contributed by atoms with Gasteiger partial charge in [-0.05, 0) is 119 Å². The van der Waals surface area contributed by atoms with Gasteiger partial charge in [0.05, 0.1) is 21.8 Å². The Bertz CT molecular complexity index is 2750. The molecule has 0 bridgehead atoms. The van der Waals surface area contributed by atoms with Gasteiger partial charge < -0.3 is 9.80 Å². The molecule has 2 nitrogen and oxygen atoms in total. The van der Waals surface area contributed by atoms with E-state index in [4.69, 9.17) is 0 Å². The molecule has 8 aromatic carbocycles. The van der Waals surface area contributed by atoms with E-state index in [0.717, 1.165) is 11.4 Å². The molecule has 0 saturated carbocycles. The summed E-state index contributed by atoms with van der Waals surface area (Å²) in [7, 11) is -4.11. The molecule has 0 unspecified atom stereocenters. The van der Waals surface area contributed by atoms with Crippen LogP contribution in [0.5, 0.6) is 0 Å². The summed E-state index contributed by atoms with van der Waals surface area (Å²) in [5, 5.41) is 5.30. The SMILES string of the molecule is Cc1ccc(N(c2ccccc2)c2ccc3c4c(ccc3c2)-c2c(cc(N(c3ccccc3)c3ccc(C)cc3)c3ccccc23)C4([Si](C)(C)C)[Si](C)(C)C)cc1. The van der Waals surface area contributed by atoms with Crippen molar-refractivity contribution in [2.75, 3.05) is 9.80 Å². The van der Waals surface area contributed by atoms with Crippen LogP contribution < -0.4 is 9.80 Å². The molecule has 0 aliphatic heterocycles. The first-order valence-corrected chi connectivity index (χ1v) is 27.4. The molecular formula is C53H52N2Si2. The monoisotopic (exact) mass is 772 g/mol. The quantitative estimate of drug-likeness (QED) is 0.142. The van der Waals surface area contributed by atoms with E-state index in [-0.39, 0.29) is 4.66 Å². The van der Waals surface area contributed by atoms with E-state index in [0.29, 0.717) is 0 Å². The summed E-state index contributed by atoms with van der Waals surface area (Å²) in [5.41, 5.74) is 15.5. The van der Waals surface area contributed by atoms with Crippen molar-refractivity contribution in [1.82, 2.24) is 0 Å². The maximum absolute atomic E-state index is 2.63. The molecule has 0 fully saturated rings. The second kappa shape index (κ2) is 13.8. The van der Waals surface area contributed by atoms with Crippen molar-refractivity contribution < 1.29 is 0 Å². The molecule has 0 spiro atoms. The molecule has 57 heavy (non-hydrogen) atoms. The predicted octanol–water partition coefficient (Wildman–Crippen LogP) is 15.6. The van der Waals surface area contributed by atoms with Crippen LogP contribution in [-0.4, -0.2) is 16.1 Å². The van der Waals surface area contributed by atoms with Gasteiger partial charge >= 0.3 is 0 Å². The summed E-state index contributed by atoms with van der Waals surface area (Å²) in [6.45, 7) is 20.1. The average Bonchev–Trinajstić information content (AvgIpc) is 3.53. The van der Waals surface area contributed by atoms with Crippen molar-refractivity contribution in [2.45, 2.75) is 57.8 Å². The number of hydrogen-bond acceptors (Lipinski definition) is 2. The van der Waals surface area contributed by atoms with Crippen LogP contribution in [0.4, 0.5) is 34.1 Å². The summed E-state index contributed by atoms with van der Waals surface area (Å²) in [6.07, 6.45) is 0. The Morgan fingerprint density at radius 2 is 0.877 bits per heavy atom. The second-order valence-corrected chi connectivity index (χ2v) is 29.0. The van der Waals surface area contributed by atoms with Gasteiger partial charge in [0.25, 0.3) is 0 Å². The number of rotatable bonds is 8. The van der Waals surface area contributed by atoms with Crippen LogP contribution in [0, 0.1) is 13.8 Å². The molecule has 9 rings (SSSR count). The van der Waals surface area contributed by atoms with Crippen LogP contribution in [0.2, 0.25) is 39.3 Å². The topological polar surface area (TPSA) is 6.48 Å². The van der Waals surface area contributed by atoms with Gasteiger partial charge in [-0.2, -0.15) is 0 Å². The molecule has 0 N–H and O–H groups in total. The molecule has 4 heteroatoms. The van der Waals surface area contributed by atoms with Crippen molar-refractivity contribution in [2.24, 2.45) is 0 Å². The standard InChI is InChI=1S/C53H52N2Si2/c1-37-23-28-42(29-24-37)54(40-17-11-9-12-18-40)44-32-34-45-39(35-44)27-33-48-51-47-22-16-15-21-46(47)50(36-49(51)53(52(45)48,56(3,4)5)57(6,7)8)55(41-19-13-10-14-20-41)43-30-25-38(2)26-31-43/h9-36H,1-8H3. The Labute approximate surface area is 341 Å².